The summed E-state index contributed by atoms with van der Waals surface area (Å²) in [5.74, 6) is -3.16. The van der Waals surface area contributed by atoms with Crippen molar-refractivity contribution in [1.29, 1.82) is 0 Å². The molecule has 0 aliphatic heterocycles. The summed E-state index contributed by atoms with van der Waals surface area (Å²) in [6, 6.07) is 9.02. The Balaban J connectivity index is 1.98. The summed E-state index contributed by atoms with van der Waals surface area (Å²) in [6.07, 6.45) is 0. The van der Waals surface area contributed by atoms with Crippen LogP contribution in [-0.2, 0) is 9.59 Å². The van der Waals surface area contributed by atoms with Crippen molar-refractivity contribution in [1.82, 2.24) is 0 Å². The van der Waals surface area contributed by atoms with Crippen molar-refractivity contribution in [2.45, 2.75) is 6.92 Å². The molecule has 0 saturated carbocycles. The fraction of sp³-hybridized carbons (Fsp3) is 0.125. The van der Waals surface area contributed by atoms with Crippen molar-refractivity contribution in [3.63, 3.8) is 0 Å². The molecule has 0 saturated heterocycles. The van der Waals surface area contributed by atoms with E-state index in [2.05, 4.69) is 10.6 Å². The highest BCUT2D eigenvalue weighted by molar-refractivity contribution is 6.43. The topological polar surface area (TPSA) is 67.4 Å². The van der Waals surface area contributed by atoms with Gasteiger partial charge in [-0.2, -0.15) is 0 Å². The number of ether oxygens (including phenoxy) is 1. The van der Waals surface area contributed by atoms with Crippen molar-refractivity contribution in [2.75, 3.05) is 17.2 Å². The summed E-state index contributed by atoms with van der Waals surface area (Å²) in [5.41, 5.74) is 0.103. The van der Waals surface area contributed by atoms with E-state index < -0.39 is 23.4 Å². The first kappa shape index (κ1) is 16.4. The number of hydrogen-bond acceptors (Lipinski definition) is 3. The summed E-state index contributed by atoms with van der Waals surface area (Å²) in [4.78, 5) is 23.5. The molecule has 0 aliphatic carbocycles. The molecule has 2 aromatic carbocycles. The van der Waals surface area contributed by atoms with Gasteiger partial charge in [0.2, 0.25) is 0 Å². The molecular formula is C16H14F2N2O3. The van der Waals surface area contributed by atoms with Gasteiger partial charge < -0.3 is 15.4 Å². The molecule has 2 aromatic rings. The average Bonchev–Trinajstić information content (AvgIpc) is 2.52. The van der Waals surface area contributed by atoms with Crippen LogP contribution in [0.5, 0.6) is 5.75 Å². The van der Waals surface area contributed by atoms with E-state index in [9.17, 15) is 18.4 Å². The first-order chi connectivity index (χ1) is 11.0. The Morgan fingerprint density at radius 1 is 1.00 bits per heavy atom. The second kappa shape index (κ2) is 7.35. The van der Waals surface area contributed by atoms with Gasteiger partial charge in [-0.15, -0.1) is 0 Å². The van der Waals surface area contributed by atoms with E-state index in [4.69, 9.17) is 4.74 Å². The van der Waals surface area contributed by atoms with Crippen molar-refractivity contribution in [3.05, 3.63) is 54.1 Å². The van der Waals surface area contributed by atoms with Gasteiger partial charge in [-0.1, -0.05) is 0 Å². The van der Waals surface area contributed by atoms with E-state index in [-0.39, 0.29) is 5.69 Å². The number of rotatable bonds is 4. The van der Waals surface area contributed by atoms with E-state index in [1.165, 1.54) is 0 Å². The minimum absolute atomic E-state index is 0.279. The zero-order valence-electron chi connectivity index (χ0n) is 12.2. The number of nitrogens with one attached hydrogen (secondary N) is 2. The molecule has 0 radical (unpaired) electrons. The quantitative estimate of drug-likeness (QED) is 0.851. The number of amides is 2. The number of benzene rings is 2. The van der Waals surface area contributed by atoms with Crippen LogP contribution in [0.15, 0.2) is 42.5 Å². The monoisotopic (exact) mass is 320 g/mol. The normalized spacial score (nSPS) is 10.0. The molecule has 2 amide bonds. The van der Waals surface area contributed by atoms with Crippen LogP contribution in [0.2, 0.25) is 0 Å². The molecule has 0 heterocycles. The highest BCUT2D eigenvalue weighted by Crippen LogP contribution is 2.17. The molecule has 5 nitrogen and oxygen atoms in total. The molecule has 0 aliphatic rings. The lowest BCUT2D eigenvalue weighted by Crippen LogP contribution is -2.29. The SMILES string of the molecule is CCOc1ccc(NC(=O)C(=O)Nc2ccc(F)cc2F)cc1. The summed E-state index contributed by atoms with van der Waals surface area (Å²) in [5, 5.41) is 4.43. The number of halogens is 2. The molecule has 2 N–H and O–H groups in total. The molecule has 2 rings (SSSR count). The minimum atomic E-state index is -1.07. The Labute approximate surface area is 131 Å². The second-order valence-electron chi connectivity index (χ2n) is 4.49. The second-order valence-corrected chi connectivity index (χ2v) is 4.49. The minimum Gasteiger partial charge on any atom is -0.494 e. The Hall–Kier alpha value is -2.96. The highest BCUT2D eigenvalue weighted by Gasteiger charge is 2.16. The van der Waals surface area contributed by atoms with Crippen LogP contribution in [0.4, 0.5) is 20.2 Å². The fourth-order valence-corrected chi connectivity index (χ4v) is 1.76. The van der Waals surface area contributed by atoms with Gasteiger partial charge in [0.1, 0.15) is 17.4 Å². The molecule has 0 bridgehead atoms. The molecule has 0 spiro atoms. The molecule has 0 atom stereocenters. The fourth-order valence-electron chi connectivity index (χ4n) is 1.76. The lowest BCUT2D eigenvalue weighted by Gasteiger charge is -2.08. The average molecular weight is 320 g/mol. The predicted molar refractivity (Wildman–Crippen MR) is 81.2 cm³/mol. The van der Waals surface area contributed by atoms with Crippen molar-refractivity contribution < 1.29 is 23.1 Å². The maximum Gasteiger partial charge on any atom is 0.314 e. The van der Waals surface area contributed by atoms with E-state index >= 15 is 0 Å². The smallest absolute Gasteiger partial charge is 0.314 e. The number of anilines is 2. The third-order valence-corrected chi connectivity index (χ3v) is 2.81. The van der Waals surface area contributed by atoms with Crippen LogP contribution < -0.4 is 15.4 Å². The van der Waals surface area contributed by atoms with E-state index in [1.54, 1.807) is 24.3 Å². The van der Waals surface area contributed by atoms with Crippen LogP contribution in [0.3, 0.4) is 0 Å². The standard InChI is InChI=1S/C16H14F2N2O3/c1-2-23-12-6-4-11(5-7-12)19-15(21)16(22)20-14-8-3-10(17)9-13(14)18/h3-9H,2H2,1H3,(H,19,21)(H,20,22). The Kier molecular flexibility index (Phi) is 5.24. The maximum atomic E-state index is 13.4. The molecule has 120 valence electrons. The Bertz CT molecular complexity index is 718. The lowest BCUT2D eigenvalue weighted by atomic mass is 10.3. The highest BCUT2D eigenvalue weighted by atomic mass is 19.1. The van der Waals surface area contributed by atoms with E-state index in [1.807, 2.05) is 6.92 Å². The van der Waals surface area contributed by atoms with E-state index in [0.29, 0.717) is 24.1 Å². The number of carbonyl (C=O) groups is 2. The third kappa shape index (κ3) is 4.50. The summed E-state index contributed by atoms with van der Waals surface area (Å²) in [6.45, 7) is 2.35. The van der Waals surface area contributed by atoms with Crippen LogP contribution in [0.25, 0.3) is 0 Å². The maximum absolute atomic E-state index is 13.4. The van der Waals surface area contributed by atoms with Crippen LogP contribution >= 0.6 is 0 Å². The van der Waals surface area contributed by atoms with Crippen molar-refractivity contribution >= 4 is 23.2 Å². The Morgan fingerprint density at radius 2 is 1.65 bits per heavy atom. The third-order valence-electron chi connectivity index (χ3n) is 2.81. The summed E-state index contributed by atoms with van der Waals surface area (Å²) < 4.78 is 31.4. The molecule has 23 heavy (non-hydrogen) atoms. The largest absolute Gasteiger partial charge is 0.494 e. The number of hydrogen-bond donors (Lipinski definition) is 2. The van der Waals surface area contributed by atoms with Gasteiger partial charge in [0, 0.05) is 11.8 Å². The van der Waals surface area contributed by atoms with Gasteiger partial charge >= 0.3 is 11.8 Å². The van der Waals surface area contributed by atoms with Crippen LogP contribution in [0, 0.1) is 11.6 Å². The van der Waals surface area contributed by atoms with Gasteiger partial charge in [0.25, 0.3) is 0 Å². The van der Waals surface area contributed by atoms with Crippen LogP contribution in [-0.4, -0.2) is 18.4 Å². The zero-order chi connectivity index (χ0) is 16.8. The van der Waals surface area contributed by atoms with Crippen molar-refractivity contribution in [3.8, 4) is 5.75 Å². The molecule has 0 fully saturated rings. The van der Waals surface area contributed by atoms with Gasteiger partial charge in [0.15, 0.2) is 0 Å². The molecular weight excluding hydrogens is 306 g/mol. The van der Waals surface area contributed by atoms with Gasteiger partial charge in [0.05, 0.1) is 12.3 Å². The molecule has 7 heteroatoms. The first-order valence-corrected chi connectivity index (χ1v) is 6.80. The predicted octanol–water partition coefficient (Wildman–Crippen LogP) is 2.94. The summed E-state index contributed by atoms with van der Waals surface area (Å²) in [7, 11) is 0. The molecule has 0 unspecified atom stereocenters. The zero-order valence-corrected chi connectivity index (χ0v) is 12.2. The van der Waals surface area contributed by atoms with Gasteiger partial charge in [-0.25, -0.2) is 8.78 Å². The van der Waals surface area contributed by atoms with E-state index in [0.717, 1.165) is 12.1 Å². The molecule has 0 aromatic heterocycles. The van der Waals surface area contributed by atoms with Gasteiger partial charge in [-0.3, -0.25) is 9.59 Å². The Morgan fingerprint density at radius 3 is 2.26 bits per heavy atom. The number of carbonyl (C=O) groups excluding carboxylic acids is 2. The lowest BCUT2D eigenvalue weighted by molar-refractivity contribution is -0.133. The van der Waals surface area contributed by atoms with Crippen molar-refractivity contribution in [2.24, 2.45) is 0 Å². The van der Waals surface area contributed by atoms with Crippen LogP contribution in [0.1, 0.15) is 6.92 Å². The first-order valence-electron chi connectivity index (χ1n) is 6.80. The van der Waals surface area contributed by atoms with Gasteiger partial charge in [-0.05, 0) is 43.3 Å². The summed E-state index contributed by atoms with van der Waals surface area (Å²) >= 11 is 0.